The van der Waals surface area contributed by atoms with Gasteiger partial charge >= 0.3 is 6.18 Å². The van der Waals surface area contributed by atoms with Gasteiger partial charge in [-0.15, -0.1) is 0 Å². The van der Waals surface area contributed by atoms with Crippen molar-refractivity contribution in [1.82, 2.24) is 4.57 Å². The highest BCUT2D eigenvalue weighted by Gasteiger charge is 2.30. The number of ether oxygens (including phenoxy) is 1. The van der Waals surface area contributed by atoms with Crippen LogP contribution in [0.1, 0.15) is 16.8 Å². The Bertz CT molecular complexity index is 937. The Balaban J connectivity index is 1.67. The number of nitrogens with zero attached hydrogens (tertiary/aromatic N) is 1. The number of allylic oxidation sites excluding steroid dienone is 1. The summed E-state index contributed by atoms with van der Waals surface area (Å²) in [5, 5.41) is 1.12. The lowest BCUT2D eigenvalue weighted by molar-refractivity contribution is -0.137. The van der Waals surface area contributed by atoms with E-state index in [9.17, 15) is 13.2 Å². The second-order valence-electron chi connectivity index (χ2n) is 5.82. The molecule has 1 aliphatic heterocycles. The van der Waals surface area contributed by atoms with E-state index in [0.717, 1.165) is 22.7 Å². The van der Waals surface area contributed by atoms with Crippen LogP contribution < -0.4 is 0 Å². The van der Waals surface area contributed by atoms with Gasteiger partial charge in [-0.3, -0.25) is 0 Å². The molecule has 1 aromatic heterocycles. The van der Waals surface area contributed by atoms with Crippen LogP contribution in [0.3, 0.4) is 0 Å². The molecule has 0 bridgehead atoms. The Labute approximate surface area is 136 Å². The fourth-order valence-corrected chi connectivity index (χ4v) is 3.00. The Morgan fingerprint density at radius 1 is 1.00 bits per heavy atom. The van der Waals surface area contributed by atoms with Crippen molar-refractivity contribution in [2.24, 2.45) is 0 Å². The molecule has 3 aromatic rings. The summed E-state index contributed by atoms with van der Waals surface area (Å²) in [6.45, 7) is 0.416. The molecular weight excluding hydrogens is 315 g/mol. The van der Waals surface area contributed by atoms with Crippen LogP contribution in [0.25, 0.3) is 17.1 Å². The highest BCUT2D eigenvalue weighted by molar-refractivity contribution is 5.83. The fraction of sp³-hybridized carbons (Fsp3) is 0.158. The van der Waals surface area contributed by atoms with E-state index >= 15 is 0 Å². The predicted molar refractivity (Wildman–Crippen MR) is 86.1 cm³/mol. The molecule has 5 heteroatoms. The van der Waals surface area contributed by atoms with Crippen molar-refractivity contribution in [3.63, 3.8) is 0 Å². The zero-order chi connectivity index (χ0) is 16.7. The maximum atomic E-state index is 12.8. The largest absolute Gasteiger partial charge is 0.490 e. The van der Waals surface area contributed by atoms with E-state index in [2.05, 4.69) is 6.07 Å². The van der Waals surface area contributed by atoms with Gasteiger partial charge in [0.15, 0.2) is 0 Å². The molecule has 1 aliphatic rings. The average molecular weight is 329 g/mol. The lowest BCUT2D eigenvalue weighted by Crippen LogP contribution is -2.09. The van der Waals surface area contributed by atoms with Gasteiger partial charge in [0, 0.05) is 18.0 Å². The molecule has 0 saturated heterocycles. The van der Waals surface area contributed by atoms with E-state index in [1.54, 1.807) is 6.07 Å². The van der Waals surface area contributed by atoms with Crippen molar-refractivity contribution in [3.8, 4) is 0 Å². The van der Waals surface area contributed by atoms with Crippen molar-refractivity contribution in [1.29, 1.82) is 0 Å². The first-order valence-corrected chi connectivity index (χ1v) is 7.59. The molecule has 2 nitrogen and oxygen atoms in total. The monoisotopic (exact) mass is 329 g/mol. The first kappa shape index (κ1) is 14.9. The number of alkyl halides is 3. The summed E-state index contributed by atoms with van der Waals surface area (Å²) in [6.07, 6.45) is -2.14. The maximum absolute atomic E-state index is 12.8. The van der Waals surface area contributed by atoms with Gasteiger partial charge in [0.2, 0.25) is 0 Å². The van der Waals surface area contributed by atoms with Crippen LogP contribution in [0.15, 0.2) is 60.4 Å². The highest BCUT2D eigenvalue weighted by atomic mass is 19.4. The van der Waals surface area contributed by atoms with Crippen molar-refractivity contribution in [2.75, 3.05) is 0 Å². The van der Waals surface area contributed by atoms with Crippen LogP contribution in [0, 0.1) is 0 Å². The summed E-state index contributed by atoms with van der Waals surface area (Å²) in [5.41, 5.74) is 2.04. The molecule has 122 valence electrons. The summed E-state index contributed by atoms with van der Waals surface area (Å²) >= 11 is 0. The first-order valence-electron chi connectivity index (χ1n) is 7.59. The van der Waals surface area contributed by atoms with E-state index in [-0.39, 0.29) is 0 Å². The molecule has 0 radical (unpaired) electrons. The zero-order valence-electron chi connectivity index (χ0n) is 12.7. The van der Waals surface area contributed by atoms with Crippen molar-refractivity contribution >= 4 is 17.1 Å². The molecule has 2 aromatic carbocycles. The number of rotatable bonds is 2. The smallest absolute Gasteiger partial charge is 0.416 e. The minimum atomic E-state index is -4.33. The van der Waals surface area contributed by atoms with Crippen molar-refractivity contribution < 1.29 is 17.9 Å². The van der Waals surface area contributed by atoms with Crippen LogP contribution in [0.5, 0.6) is 0 Å². The molecule has 0 atom stereocenters. The molecule has 0 fully saturated rings. The molecule has 0 N–H and O–H groups in total. The quantitative estimate of drug-likeness (QED) is 0.628. The standard InChI is InChI=1S/C19H14F3NO/c20-19(21,22)15-6-3-4-13(8-15)9-17-11-23-16(12-24-17)10-14-5-1-2-7-18(14)23/h1-8,10-11H,9,12H2. The zero-order valence-corrected chi connectivity index (χ0v) is 12.7. The van der Waals surface area contributed by atoms with E-state index < -0.39 is 11.7 Å². The molecule has 0 saturated carbocycles. The van der Waals surface area contributed by atoms with Gasteiger partial charge in [-0.2, -0.15) is 13.2 Å². The van der Waals surface area contributed by atoms with Gasteiger partial charge in [-0.25, -0.2) is 0 Å². The third kappa shape index (κ3) is 2.66. The van der Waals surface area contributed by atoms with Crippen LogP contribution >= 0.6 is 0 Å². The number of fused-ring (bicyclic) bond motifs is 3. The minimum Gasteiger partial charge on any atom is -0.490 e. The van der Waals surface area contributed by atoms with Crippen molar-refractivity contribution in [3.05, 3.63) is 77.2 Å². The third-order valence-corrected chi connectivity index (χ3v) is 4.14. The molecule has 0 spiro atoms. The molecule has 24 heavy (non-hydrogen) atoms. The summed E-state index contributed by atoms with van der Waals surface area (Å²) in [6, 6.07) is 15.4. The second-order valence-corrected chi connectivity index (χ2v) is 5.82. The first-order chi connectivity index (χ1) is 11.5. The predicted octanol–water partition coefficient (Wildman–Crippen LogP) is 5.23. The lowest BCUT2D eigenvalue weighted by Gasteiger charge is -2.18. The van der Waals surface area contributed by atoms with Crippen LogP contribution in [0.2, 0.25) is 0 Å². The third-order valence-electron chi connectivity index (χ3n) is 4.14. The molecule has 4 rings (SSSR count). The summed E-state index contributed by atoms with van der Waals surface area (Å²) in [7, 11) is 0. The fourth-order valence-electron chi connectivity index (χ4n) is 3.00. The SMILES string of the molecule is FC(F)(F)c1cccc(CC2=Cn3c(cc4ccccc43)CO2)c1. The minimum absolute atomic E-state index is 0.329. The molecule has 0 amide bonds. The van der Waals surface area contributed by atoms with Crippen LogP contribution in [-0.4, -0.2) is 4.57 Å². The van der Waals surface area contributed by atoms with Crippen LogP contribution in [0.4, 0.5) is 13.2 Å². The molecular formula is C19H14F3NO. The summed E-state index contributed by atoms with van der Waals surface area (Å²) in [5.74, 6) is 0.656. The molecule has 0 unspecified atom stereocenters. The Morgan fingerprint density at radius 2 is 1.83 bits per heavy atom. The second kappa shape index (κ2) is 5.44. The normalized spacial score (nSPS) is 14.2. The van der Waals surface area contributed by atoms with Crippen LogP contribution in [-0.2, 0) is 23.9 Å². The summed E-state index contributed by atoms with van der Waals surface area (Å²) in [4.78, 5) is 0. The van der Waals surface area contributed by atoms with Gasteiger partial charge in [-0.05, 0) is 23.8 Å². The highest BCUT2D eigenvalue weighted by Crippen LogP contribution is 2.31. The number of para-hydroxylation sites is 1. The van der Waals surface area contributed by atoms with E-state index in [0.29, 0.717) is 24.4 Å². The van der Waals surface area contributed by atoms with Gasteiger partial charge in [-0.1, -0.05) is 36.4 Å². The Hall–Kier alpha value is -2.69. The number of hydrogen-bond acceptors (Lipinski definition) is 1. The number of aromatic nitrogens is 1. The molecule has 2 heterocycles. The summed E-state index contributed by atoms with van der Waals surface area (Å²) < 4.78 is 46.2. The lowest BCUT2D eigenvalue weighted by atomic mass is 10.1. The number of halogens is 3. The van der Waals surface area contributed by atoms with E-state index in [1.807, 2.05) is 35.0 Å². The Kier molecular flexibility index (Phi) is 3.37. The number of benzene rings is 2. The topological polar surface area (TPSA) is 14.2 Å². The average Bonchev–Trinajstić information content (AvgIpc) is 2.92. The van der Waals surface area contributed by atoms with Gasteiger partial charge in [0.1, 0.15) is 12.4 Å². The van der Waals surface area contributed by atoms with Gasteiger partial charge < -0.3 is 9.30 Å². The van der Waals surface area contributed by atoms with E-state index in [4.69, 9.17) is 4.74 Å². The van der Waals surface area contributed by atoms with Gasteiger partial charge in [0.05, 0.1) is 16.8 Å². The van der Waals surface area contributed by atoms with Crippen molar-refractivity contribution in [2.45, 2.75) is 19.2 Å². The van der Waals surface area contributed by atoms with Gasteiger partial charge in [0.25, 0.3) is 0 Å². The Morgan fingerprint density at radius 3 is 2.67 bits per heavy atom. The number of hydrogen-bond donors (Lipinski definition) is 0. The maximum Gasteiger partial charge on any atom is 0.416 e. The van der Waals surface area contributed by atoms with E-state index in [1.165, 1.54) is 12.1 Å². The molecule has 0 aliphatic carbocycles.